The Hall–Kier alpha value is -1.89. The van der Waals surface area contributed by atoms with Gasteiger partial charge in [-0.05, 0) is 35.4 Å². The van der Waals surface area contributed by atoms with E-state index in [-0.39, 0.29) is 24.3 Å². The number of amides is 2. The van der Waals surface area contributed by atoms with Crippen LogP contribution < -0.4 is 5.32 Å². The van der Waals surface area contributed by atoms with Crippen LogP contribution in [0.15, 0.2) is 53.0 Å². The standard InChI is InChI=1S/C22H25BrClN3O2/c1-16(28)25-21(18-4-6-19(23)7-5-18)14-22(29)27-12-10-26(11-13-27)15-17-2-8-20(24)9-3-17/h2-9,21H,10-15H2,1H3,(H,25,28). The Morgan fingerprint density at radius 3 is 2.24 bits per heavy atom. The molecule has 1 aliphatic heterocycles. The Kier molecular flexibility index (Phi) is 7.70. The zero-order valence-corrected chi connectivity index (χ0v) is 18.7. The number of hydrogen-bond acceptors (Lipinski definition) is 3. The minimum atomic E-state index is -0.319. The predicted molar refractivity (Wildman–Crippen MR) is 119 cm³/mol. The summed E-state index contributed by atoms with van der Waals surface area (Å²) in [6, 6.07) is 15.3. The van der Waals surface area contributed by atoms with E-state index in [2.05, 4.69) is 26.1 Å². The highest BCUT2D eigenvalue weighted by atomic mass is 79.9. The van der Waals surface area contributed by atoms with Gasteiger partial charge in [-0.3, -0.25) is 14.5 Å². The fraction of sp³-hybridized carbons (Fsp3) is 0.364. The maximum absolute atomic E-state index is 12.9. The zero-order chi connectivity index (χ0) is 20.8. The molecule has 2 aromatic carbocycles. The Labute approximate surface area is 185 Å². The smallest absolute Gasteiger partial charge is 0.225 e. The largest absolute Gasteiger partial charge is 0.349 e. The molecule has 3 rings (SSSR count). The normalized spacial score (nSPS) is 15.8. The van der Waals surface area contributed by atoms with Crippen LogP contribution in [-0.2, 0) is 16.1 Å². The summed E-state index contributed by atoms with van der Waals surface area (Å²) in [5.41, 5.74) is 2.15. The molecule has 154 valence electrons. The summed E-state index contributed by atoms with van der Waals surface area (Å²) in [5, 5.41) is 3.65. The summed E-state index contributed by atoms with van der Waals surface area (Å²) in [7, 11) is 0. The molecular weight excluding hydrogens is 454 g/mol. The topological polar surface area (TPSA) is 52.7 Å². The van der Waals surface area contributed by atoms with Gasteiger partial charge in [-0.15, -0.1) is 0 Å². The van der Waals surface area contributed by atoms with Gasteiger partial charge in [0.2, 0.25) is 11.8 Å². The van der Waals surface area contributed by atoms with Gasteiger partial charge in [-0.1, -0.05) is 51.8 Å². The lowest BCUT2D eigenvalue weighted by Gasteiger charge is -2.35. The van der Waals surface area contributed by atoms with Crippen molar-refractivity contribution >= 4 is 39.3 Å². The van der Waals surface area contributed by atoms with Crippen molar-refractivity contribution in [1.82, 2.24) is 15.1 Å². The Morgan fingerprint density at radius 1 is 1.03 bits per heavy atom. The first-order valence-electron chi connectivity index (χ1n) is 9.68. The SMILES string of the molecule is CC(=O)NC(CC(=O)N1CCN(Cc2ccc(Cl)cc2)CC1)c1ccc(Br)cc1. The van der Waals surface area contributed by atoms with E-state index in [9.17, 15) is 9.59 Å². The molecule has 1 N–H and O–H groups in total. The Morgan fingerprint density at radius 2 is 1.66 bits per heavy atom. The second-order valence-corrected chi connectivity index (χ2v) is 8.64. The molecule has 0 saturated carbocycles. The van der Waals surface area contributed by atoms with E-state index in [1.165, 1.54) is 12.5 Å². The van der Waals surface area contributed by atoms with Crippen LogP contribution in [0.4, 0.5) is 0 Å². The van der Waals surface area contributed by atoms with Crippen molar-refractivity contribution in [2.75, 3.05) is 26.2 Å². The molecule has 7 heteroatoms. The first kappa shape index (κ1) is 21.8. The van der Waals surface area contributed by atoms with E-state index in [0.29, 0.717) is 13.1 Å². The number of benzene rings is 2. The van der Waals surface area contributed by atoms with Gasteiger partial charge in [0.25, 0.3) is 0 Å². The van der Waals surface area contributed by atoms with E-state index < -0.39 is 0 Å². The van der Waals surface area contributed by atoms with Crippen LogP contribution in [-0.4, -0.2) is 47.8 Å². The van der Waals surface area contributed by atoms with Gasteiger partial charge in [0.1, 0.15) is 0 Å². The van der Waals surface area contributed by atoms with E-state index in [0.717, 1.165) is 34.7 Å². The van der Waals surface area contributed by atoms with Crippen LogP contribution in [0, 0.1) is 0 Å². The van der Waals surface area contributed by atoms with E-state index >= 15 is 0 Å². The highest BCUT2D eigenvalue weighted by Crippen LogP contribution is 2.21. The average molecular weight is 479 g/mol. The van der Waals surface area contributed by atoms with Crippen molar-refractivity contribution in [3.05, 3.63) is 69.2 Å². The fourth-order valence-electron chi connectivity index (χ4n) is 3.50. The quantitative estimate of drug-likeness (QED) is 0.682. The number of carbonyl (C=O) groups excluding carboxylic acids is 2. The first-order valence-corrected chi connectivity index (χ1v) is 10.8. The molecule has 0 spiro atoms. The van der Waals surface area contributed by atoms with Crippen molar-refractivity contribution in [1.29, 1.82) is 0 Å². The Bertz CT molecular complexity index is 834. The van der Waals surface area contributed by atoms with Crippen LogP contribution in [0.3, 0.4) is 0 Å². The van der Waals surface area contributed by atoms with Crippen molar-refractivity contribution in [2.45, 2.75) is 25.9 Å². The van der Waals surface area contributed by atoms with E-state index in [1.807, 2.05) is 53.4 Å². The molecule has 0 radical (unpaired) electrons. The van der Waals surface area contributed by atoms with Crippen LogP contribution in [0.2, 0.25) is 5.02 Å². The van der Waals surface area contributed by atoms with Crippen molar-refractivity contribution in [3.63, 3.8) is 0 Å². The molecule has 1 atom stereocenters. The third-order valence-corrected chi connectivity index (χ3v) is 5.85. The number of halogens is 2. The number of hydrogen-bond donors (Lipinski definition) is 1. The minimum absolute atomic E-state index is 0.0674. The van der Waals surface area contributed by atoms with Gasteiger partial charge in [0, 0.05) is 49.1 Å². The zero-order valence-electron chi connectivity index (χ0n) is 16.4. The lowest BCUT2D eigenvalue weighted by molar-refractivity contribution is -0.133. The number of rotatable bonds is 6. The van der Waals surface area contributed by atoms with Gasteiger partial charge < -0.3 is 10.2 Å². The van der Waals surface area contributed by atoms with Gasteiger partial charge >= 0.3 is 0 Å². The third-order valence-electron chi connectivity index (χ3n) is 5.07. The molecule has 1 heterocycles. The van der Waals surface area contributed by atoms with Crippen LogP contribution in [0.5, 0.6) is 0 Å². The highest BCUT2D eigenvalue weighted by molar-refractivity contribution is 9.10. The van der Waals surface area contributed by atoms with Crippen LogP contribution >= 0.6 is 27.5 Å². The Balaban J connectivity index is 1.55. The summed E-state index contributed by atoms with van der Waals surface area (Å²) in [5.74, 6) is -0.0729. The summed E-state index contributed by atoms with van der Waals surface area (Å²) in [6.45, 7) is 5.38. The molecule has 0 aliphatic carbocycles. The van der Waals surface area contributed by atoms with Crippen LogP contribution in [0.1, 0.15) is 30.5 Å². The highest BCUT2D eigenvalue weighted by Gasteiger charge is 2.25. The molecule has 0 aromatic heterocycles. The molecule has 1 fully saturated rings. The molecule has 29 heavy (non-hydrogen) atoms. The summed E-state index contributed by atoms with van der Waals surface area (Å²) >= 11 is 9.36. The fourth-order valence-corrected chi connectivity index (χ4v) is 3.89. The van der Waals surface area contributed by atoms with Crippen molar-refractivity contribution in [3.8, 4) is 0 Å². The number of piperazine rings is 1. The predicted octanol–water partition coefficient (Wildman–Crippen LogP) is 4.01. The second-order valence-electron chi connectivity index (χ2n) is 7.29. The van der Waals surface area contributed by atoms with Gasteiger partial charge in [0.15, 0.2) is 0 Å². The summed E-state index contributed by atoms with van der Waals surface area (Å²) < 4.78 is 0.964. The number of carbonyl (C=O) groups is 2. The summed E-state index contributed by atoms with van der Waals surface area (Å²) in [4.78, 5) is 28.7. The number of nitrogens with zero attached hydrogens (tertiary/aromatic N) is 2. The molecular formula is C22H25BrClN3O2. The van der Waals surface area contributed by atoms with Crippen LogP contribution in [0.25, 0.3) is 0 Å². The second kappa shape index (κ2) is 10.2. The minimum Gasteiger partial charge on any atom is -0.349 e. The van der Waals surface area contributed by atoms with Gasteiger partial charge in [-0.2, -0.15) is 0 Å². The molecule has 1 saturated heterocycles. The lowest BCUT2D eigenvalue weighted by atomic mass is 10.0. The van der Waals surface area contributed by atoms with Gasteiger partial charge in [-0.25, -0.2) is 0 Å². The van der Waals surface area contributed by atoms with Crippen molar-refractivity contribution < 1.29 is 9.59 Å². The third kappa shape index (κ3) is 6.56. The molecule has 5 nitrogen and oxygen atoms in total. The first-order chi connectivity index (χ1) is 13.9. The van der Waals surface area contributed by atoms with Crippen molar-refractivity contribution in [2.24, 2.45) is 0 Å². The lowest BCUT2D eigenvalue weighted by Crippen LogP contribution is -2.49. The van der Waals surface area contributed by atoms with E-state index in [4.69, 9.17) is 11.6 Å². The maximum atomic E-state index is 12.9. The maximum Gasteiger partial charge on any atom is 0.225 e. The molecule has 1 aliphatic rings. The number of nitrogens with one attached hydrogen (secondary N) is 1. The molecule has 0 bridgehead atoms. The van der Waals surface area contributed by atoms with Gasteiger partial charge in [0.05, 0.1) is 12.5 Å². The average Bonchev–Trinajstić information content (AvgIpc) is 2.70. The summed E-state index contributed by atoms with van der Waals surface area (Å²) in [6.07, 6.45) is 0.262. The molecule has 2 aromatic rings. The molecule has 1 unspecified atom stereocenters. The van der Waals surface area contributed by atoms with E-state index in [1.54, 1.807) is 0 Å². The molecule has 2 amide bonds. The monoisotopic (exact) mass is 477 g/mol.